The minimum absolute atomic E-state index is 0.151. The minimum atomic E-state index is -0.151. The van der Waals surface area contributed by atoms with Gasteiger partial charge in [0.25, 0.3) is 5.91 Å². The number of aryl methyl sites for hydroxylation is 1. The maximum Gasteiger partial charge on any atom is 0.286 e. The van der Waals surface area contributed by atoms with Crippen molar-refractivity contribution in [3.8, 4) is 5.75 Å². The van der Waals surface area contributed by atoms with Gasteiger partial charge in [-0.15, -0.1) is 0 Å². The molecular formula is C24H27N3O2S. The van der Waals surface area contributed by atoms with Crippen LogP contribution in [0.25, 0.3) is 6.08 Å². The van der Waals surface area contributed by atoms with Crippen LogP contribution in [0.1, 0.15) is 24.5 Å². The van der Waals surface area contributed by atoms with E-state index in [1.807, 2.05) is 30.3 Å². The second-order valence-electron chi connectivity index (χ2n) is 7.54. The first-order valence-electron chi connectivity index (χ1n) is 10.4. The van der Waals surface area contributed by atoms with Crippen molar-refractivity contribution in [1.29, 1.82) is 0 Å². The van der Waals surface area contributed by atoms with Crippen LogP contribution in [0.4, 0.5) is 5.69 Å². The van der Waals surface area contributed by atoms with E-state index < -0.39 is 0 Å². The molecule has 0 radical (unpaired) electrons. The molecule has 0 spiro atoms. The lowest BCUT2D eigenvalue weighted by atomic mass is 10.2. The number of hydrogen-bond donors (Lipinski definition) is 0. The summed E-state index contributed by atoms with van der Waals surface area (Å²) in [7, 11) is 0. The lowest BCUT2D eigenvalue weighted by molar-refractivity contribution is -0.113. The van der Waals surface area contributed by atoms with Gasteiger partial charge in [0.15, 0.2) is 5.17 Å². The molecule has 2 aromatic rings. The normalized spacial score (nSPS) is 18.1. The van der Waals surface area contributed by atoms with Crippen molar-refractivity contribution in [3.05, 3.63) is 64.6 Å². The van der Waals surface area contributed by atoms with Gasteiger partial charge in [-0.3, -0.25) is 4.79 Å². The number of carbonyl (C=O) groups is 1. The van der Waals surface area contributed by atoms with Crippen LogP contribution in [0, 0.1) is 6.92 Å². The second kappa shape index (κ2) is 9.39. The van der Waals surface area contributed by atoms with E-state index in [4.69, 9.17) is 4.74 Å². The zero-order chi connectivity index (χ0) is 20.9. The van der Waals surface area contributed by atoms with Crippen LogP contribution < -0.4 is 9.64 Å². The highest BCUT2D eigenvalue weighted by Crippen LogP contribution is 2.31. The topological polar surface area (TPSA) is 45.1 Å². The zero-order valence-electron chi connectivity index (χ0n) is 17.5. The van der Waals surface area contributed by atoms with Gasteiger partial charge in [0.1, 0.15) is 5.75 Å². The smallest absolute Gasteiger partial charge is 0.286 e. The highest BCUT2D eigenvalue weighted by molar-refractivity contribution is 8.18. The van der Waals surface area contributed by atoms with E-state index in [9.17, 15) is 4.79 Å². The van der Waals surface area contributed by atoms with Crippen molar-refractivity contribution >= 4 is 34.6 Å². The van der Waals surface area contributed by atoms with E-state index in [1.54, 1.807) is 0 Å². The SMILES string of the molecule is CCCOc1ccc(C=C2SC(N3CCN(c4cccc(C)c4)CC3)=NC2=O)cc1. The number of rotatable bonds is 5. The van der Waals surface area contributed by atoms with Gasteiger partial charge >= 0.3 is 0 Å². The van der Waals surface area contributed by atoms with E-state index in [1.165, 1.54) is 23.0 Å². The highest BCUT2D eigenvalue weighted by atomic mass is 32.2. The molecule has 2 aromatic carbocycles. The lowest BCUT2D eigenvalue weighted by Crippen LogP contribution is -2.47. The van der Waals surface area contributed by atoms with E-state index in [-0.39, 0.29) is 5.91 Å². The zero-order valence-corrected chi connectivity index (χ0v) is 18.3. The van der Waals surface area contributed by atoms with Crippen LogP contribution >= 0.6 is 11.8 Å². The van der Waals surface area contributed by atoms with Gasteiger partial charge in [-0.25, -0.2) is 0 Å². The van der Waals surface area contributed by atoms with Crippen LogP contribution in [-0.2, 0) is 4.79 Å². The van der Waals surface area contributed by atoms with Crippen molar-refractivity contribution < 1.29 is 9.53 Å². The van der Waals surface area contributed by atoms with Crippen molar-refractivity contribution in [2.45, 2.75) is 20.3 Å². The third-order valence-corrected chi connectivity index (χ3v) is 6.22. The number of thioether (sulfide) groups is 1. The van der Waals surface area contributed by atoms with Crippen LogP contribution in [-0.4, -0.2) is 48.8 Å². The summed E-state index contributed by atoms with van der Waals surface area (Å²) < 4.78 is 5.62. The quantitative estimate of drug-likeness (QED) is 0.662. The molecule has 2 heterocycles. The Balaban J connectivity index is 1.35. The summed E-state index contributed by atoms with van der Waals surface area (Å²) in [5, 5.41) is 0.818. The van der Waals surface area contributed by atoms with Gasteiger partial charge in [-0.05, 0) is 66.6 Å². The molecule has 4 rings (SSSR count). The third kappa shape index (κ3) is 4.87. The van der Waals surface area contributed by atoms with Crippen molar-refractivity contribution in [3.63, 3.8) is 0 Å². The fraction of sp³-hybridized carbons (Fsp3) is 0.333. The predicted octanol–water partition coefficient (Wildman–Crippen LogP) is 4.58. The first-order valence-corrected chi connectivity index (χ1v) is 11.3. The second-order valence-corrected chi connectivity index (χ2v) is 8.55. The molecule has 0 atom stereocenters. The molecule has 0 aliphatic carbocycles. The average molecular weight is 422 g/mol. The van der Waals surface area contributed by atoms with Gasteiger partial charge in [0.2, 0.25) is 0 Å². The Morgan fingerprint density at radius 1 is 1.07 bits per heavy atom. The van der Waals surface area contributed by atoms with Crippen molar-refractivity contribution in [1.82, 2.24) is 4.90 Å². The Morgan fingerprint density at radius 3 is 2.50 bits per heavy atom. The number of carbonyl (C=O) groups excluding carboxylic acids is 1. The number of nitrogens with zero attached hydrogens (tertiary/aromatic N) is 3. The first-order chi connectivity index (χ1) is 14.6. The summed E-state index contributed by atoms with van der Waals surface area (Å²) in [6, 6.07) is 16.4. The summed E-state index contributed by atoms with van der Waals surface area (Å²) in [6.45, 7) is 8.50. The molecule has 156 valence electrons. The molecule has 30 heavy (non-hydrogen) atoms. The number of aliphatic imine (C=N–C) groups is 1. The van der Waals surface area contributed by atoms with Gasteiger partial charge in [0, 0.05) is 31.9 Å². The Labute approximate surface area is 182 Å². The number of anilines is 1. The highest BCUT2D eigenvalue weighted by Gasteiger charge is 2.28. The van der Waals surface area contributed by atoms with Gasteiger partial charge in [-0.2, -0.15) is 4.99 Å². The molecule has 1 saturated heterocycles. The number of hydrogen-bond acceptors (Lipinski definition) is 5. The molecule has 0 bridgehead atoms. The van der Waals surface area contributed by atoms with Crippen LogP contribution in [0.3, 0.4) is 0 Å². The molecule has 0 N–H and O–H groups in total. The van der Waals surface area contributed by atoms with E-state index in [2.05, 4.69) is 52.9 Å². The molecule has 1 amide bonds. The maximum atomic E-state index is 12.4. The standard InChI is InChI=1S/C24H27N3O2S/c1-3-15-29-21-9-7-19(8-10-21)17-22-23(28)25-24(30-22)27-13-11-26(12-14-27)20-6-4-5-18(2)16-20/h4-10,16-17H,3,11-15H2,1-2H3. The van der Waals surface area contributed by atoms with Crippen LogP contribution in [0.15, 0.2) is 58.4 Å². The number of amidine groups is 1. The van der Waals surface area contributed by atoms with Crippen molar-refractivity contribution in [2.75, 3.05) is 37.7 Å². The molecule has 0 unspecified atom stereocenters. The maximum absolute atomic E-state index is 12.4. The Morgan fingerprint density at radius 2 is 1.80 bits per heavy atom. The third-order valence-electron chi connectivity index (χ3n) is 5.18. The number of amides is 1. The van der Waals surface area contributed by atoms with E-state index >= 15 is 0 Å². The minimum Gasteiger partial charge on any atom is -0.494 e. The summed E-state index contributed by atoms with van der Waals surface area (Å²) in [6.07, 6.45) is 2.90. The molecule has 2 aliphatic heterocycles. The van der Waals surface area contributed by atoms with Gasteiger partial charge < -0.3 is 14.5 Å². The molecule has 5 nitrogen and oxygen atoms in total. The Kier molecular flexibility index (Phi) is 6.43. The van der Waals surface area contributed by atoms with Crippen molar-refractivity contribution in [2.24, 2.45) is 4.99 Å². The monoisotopic (exact) mass is 421 g/mol. The van der Waals surface area contributed by atoms with Crippen LogP contribution in [0.5, 0.6) is 5.75 Å². The Bertz CT molecular complexity index is 961. The van der Waals surface area contributed by atoms with Crippen LogP contribution in [0.2, 0.25) is 0 Å². The van der Waals surface area contributed by atoms with Gasteiger partial charge in [-0.1, -0.05) is 31.2 Å². The predicted molar refractivity (Wildman–Crippen MR) is 125 cm³/mol. The molecule has 0 saturated carbocycles. The number of ether oxygens (including phenoxy) is 1. The molecule has 0 aromatic heterocycles. The summed E-state index contributed by atoms with van der Waals surface area (Å²) >= 11 is 1.48. The lowest BCUT2D eigenvalue weighted by Gasteiger charge is -2.36. The van der Waals surface area contributed by atoms with Gasteiger partial charge in [0.05, 0.1) is 11.5 Å². The fourth-order valence-electron chi connectivity index (χ4n) is 3.55. The molecule has 6 heteroatoms. The molecule has 1 fully saturated rings. The first kappa shape index (κ1) is 20.5. The van der Waals surface area contributed by atoms with E-state index in [0.29, 0.717) is 11.5 Å². The number of benzene rings is 2. The summed E-state index contributed by atoms with van der Waals surface area (Å²) in [5.74, 6) is 0.704. The molecular weight excluding hydrogens is 394 g/mol. The fourth-order valence-corrected chi connectivity index (χ4v) is 4.51. The van der Waals surface area contributed by atoms with E-state index in [0.717, 1.165) is 49.1 Å². The number of piperazine rings is 1. The molecule has 2 aliphatic rings. The average Bonchev–Trinajstić information content (AvgIpc) is 3.13. The largest absolute Gasteiger partial charge is 0.494 e. The summed E-state index contributed by atoms with van der Waals surface area (Å²) in [5.41, 5.74) is 3.52. The Hall–Kier alpha value is -2.73. The summed E-state index contributed by atoms with van der Waals surface area (Å²) in [4.78, 5) is 22.0.